The van der Waals surface area contributed by atoms with E-state index in [2.05, 4.69) is 35.8 Å². The summed E-state index contributed by atoms with van der Waals surface area (Å²) >= 11 is 6.53. The van der Waals surface area contributed by atoms with Gasteiger partial charge in [0.2, 0.25) is 17.1 Å². The van der Waals surface area contributed by atoms with Gasteiger partial charge in [-0.3, -0.25) is 0 Å². The maximum Gasteiger partial charge on any atom is 0.349 e. The lowest BCUT2D eigenvalue weighted by Crippen LogP contribution is -2.37. The zero-order chi connectivity index (χ0) is 27.5. The molecule has 2 N–H and O–H groups in total. The first-order chi connectivity index (χ1) is 19.5. The van der Waals surface area contributed by atoms with Gasteiger partial charge in [0.05, 0.1) is 13.2 Å². The summed E-state index contributed by atoms with van der Waals surface area (Å²) in [6.45, 7) is 4.39. The summed E-state index contributed by atoms with van der Waals surface area (Å²) in [6.07, 6.45) is 0. The third kappa shape index (κ3) is 5.93. The molecule has 0 saturated carbocycles. The Labute approximate surface area is 237 Å². The van der Waals surface area contributed by atoms with Crippen LogP contribution < -0.4 is 21.2 Å². The van der Waals surface area contributed by atoms with E-state index >= 15 is 0 Å². The molecule has 0 spiro atoms. The van der Waals surface area contributed by atoms with Crippen LogP contribution in [0, 0.1) is 6.92 Å². The number of anilines is 3. The Kier molecular flexibility index (Phi) is 7.35. The Hall–Kier alpha value is -4.40. The molecule has 0 amide bonds. The third-order valence-corrected chi connectivity index (χ3v) is 6.80. The zero-order valence-electron chi connectivity index (χ0n) is 21.2. The van der Waals surface area contributed by atoms with Gasteiger partial charge >= 0.3 is 5.63 Å². The zero-order valence-corrected chi connectivity index (χ0v) is 22.8. The molecule has 0 bridgehead atoms. The second-order valence-electron chi connectivity index (χ2n) is 8.75. The molecule has 14 heteroatoms. The molecule has 0 atom stereocenters. The number of ether oxygens (including phenoxy) is 1. The number of hydrogen-bond acceptors (Lipinski definition) is 12. The highest BCUT2D eigenvalue weighted by atomic mass is 32.2. The van der Waals surface area contributed by atoms with Crippen molar-refractivity contribution in [3.8, 4) is 11.5 Å². The van der Waals surface area contributed by atoms with Crippen LogP contribution in [0.2, 0.25) is 0 Å². The summed E-state index contributed by atoms with van der Waals surface area (Å²) in [6, 6.07) is 16.7. The molecule has 0 radical (unpaired) electrons. The normalized spacial score (nSPS) is 13.4. The minimum absolute atomic E-state index is 0.0336. The highest BCUT2D eigenvalue weighted by Gasteiger charge is 2.20. The Balaban J connectivity index is 1.25. The third-order valence-electron chi connectivity index (χ3n) is 5.89. The van der Waals surface area contributed by atoms with Crippen LogP contribution in [0.3, 0.4) is 0 Å². The van der Waals surface area contributed by atoms with Crippen LogP contribution >= 0.6 is 24.0 Å². The van der Waals surface area contributed by atoms with Gasteiger partial charge in [0.25, 0.3) is 11.1 Å². The molecule has 40 heavy (non-hydrogen) atoms. The Bertz CT molecular complexity index is 1740. The molecule has 0 unspecified atom stereocenters. The molecule has 4 heterocycles. The highest BCUT2D eigenvalue weighted by Crippen LogP contribution is 2.29. The van der Waals surface area contributed by atoms with E-state index in [-0.39, 0.29) is 22.6 Å². The van der Waals surface area contributed by atoms with Gasteiger partial charge in [0.1, 0.15) is 11.1 Å². The van der Waals surface area contributed by atoms with E-state index < -0.39 is 5.63 Å². The molecule has 5 aromatic rings. The van der Waals surface area contributed by atoms with Crippen molar-refractivity contribution in [2.75, 3.05) is 41.8 Å². The Morgan fingerprint density at radius 2 is 1.77 bits per heavy atom. The lowest BCUT2D eigenvalue weighted by Gasteiger charge is -2.27. The molecular formula is C26H22N8O4S2. The first-order valence-corrected chi connectivity index (χ1v) is 13.5. The predicted molar refractivity (Wildman–Crippen MR) is 154 cm³/mol. The molecule has 1 fully saturated rings. The summed E-state index contributed by atoms with van der Waals surface area (Å²) in [4.78, 5) is 28.2. The van der Waals surface area contributed by atoms with Crippen molar-refractivity contribution in [2.45, 2.75) is 17.3 Å². The first-order valence-electron chi connectivity index (χ1n) is 12.3. The van der Waals surface area contributed by atoms with Crippen molar-refractivity contribution >= 4 is 57.6 Å². The number of nitrogens with zero attached hydrogens (tertiary/aromatic N) is 6. The molecule has 1 aliphatic heterocycles. The fourth-order valence-electron chi connectivity index (χ4n) is 3.90. The fraction of sp³-hybridized carbons (Fsp3) is 0.192. The van der Waals surface area contributed by atoms with Crippen LogP contribution in [0.25, 0.3) is 22.4 Å². The Morgan fingerprint density at radius 1 is 0.975 bits per heavy atom. The summed E-state index contributed by atoms with van der Waals surface area (Å²) in [5.41, 5.74) is 2.04. The SMILES string of the molecule is Cc1ccc(NC(=S)Nc2nc(Sc3nnc(-c4cc5ccccc5oc4=O)o3)nc(N3CCOCC3)n2)cc1. The maximum atomic E-state index is 12.5. The van der Waals surface area contributed by atoms with E-state index in [0.29, 0.717) is 48.1 Å². The van der Waals surface area contributed by atoms with Gasteiger partial charge in [-0.2, -0.15) is 15.0 Å². The van der Waals surface area contributed by atoms with Crippen molar-refractivity contribution in [3.63, 3.8) is 0 Å². The van der Waals surface area contributed by atoms with E-state index in [9.17, 15) is 4.79 Å². The van der Waals surface area contributed by atoms with Crippen molar-refractivity contribution in [1.82, 2.24) is 25.1 Å². The number of rotatable bonds is 6. The van der Waals surface area contributed by atoms with Crippen molar-refractivity contribution in [2.24, 2.45) is 0 Å². The molecule has 3 aromatic heterocycles. The van der Waals surface area contributed by atoms with Gasteiger partial charge in [-0.15, -0.1) is 10.2 Å². The summed E-state index contributed by atoms with van der Waals surface area (Å²) in [5, 5.41) is 15.8. The monoisotopic (exact) mass is 574 g/mol. The number of para-hydroxylation sites is 1. The number of benzene rings is 2. The van der Waals surface area contributed by atoms with E-state index in [1.165, 1.54) is 0 Å². The molecular weight excluding hydrogens is 552 g/mol. The van der Waals surface area contributed by atoms with Gasteiger partial charge in [0.15, 0.2) is 5.11 Å². The first kappa shape index (κ1) is 25.9. The van der Waals surface area contributed by atoms with Crippen LogP contribution in [0.1, 0.15) is 5.56 Å². The second-order valence-corrected chi connectivity index (χ2v) is 10.1. The topological polar surface area (TPSA) is 144 Å². The minimum atomic E-state index is -0.574. The quantitative estimate of drug-likeness (QED) is 0.221. The number of morpholine rings is 1. The van der Waals surface area contributed by atoms with Crippen molar-refractivity contribution in [1.29, 1.82) is 0 Å². The molecule has 202 valence electrons. The summed E-state index contributed by atoms with van der Waals surface area (Å²) < 4.78 is 16.6. The number of hydrogen-bond donors (Lipinski definition) is 2. The van der Waals surface area contributed by atoms with Gasteiger partial charge < -0.3 is 29.1 Å². The average Bonchev–Trinajstić information content (AvgIpc) is 3.42. The van der Waals surface area contributed by atoms with Crippen LogP contribution in [-0.4, -0.2) is 56.6 Å². The van der Waals surface area contributed by atoms with E-state index in [0.717, 1.165) is 28.4 Å². The molecule has 2 aromatic carbocycles. The number of aryl methyl sites for hydroxylation is 1. The van der Waals surface area contributed by atoms with Crippen molar-refractivity contribution < 1.29 is 13.6 Å². The van der Waals surface area contributed by atoms with Crippen LogP contribution in [0.15, 0.2) is 78.6 Å². The number of aromatic nitrogens is 5. The number of thiocarbonyl (C=S) groups is 1. The number of fused-ring (bicyclic) bond motifs is 1. The summed E-state index contributed by atoms with van der Waals surface area (Å²) in [7, 11) is 0. The molecule has 1 aliphatic rings. The largest absolute Gasteiger partial charge is 0.422 e. The van der Waals surface area contributed by atoms with Gasteiger partial charge in [-0.05, 0) is 43.4 Å². The minimum Gasteiger partial charge on any atom is -0.422 e. The molecule has 0 aliphatic carbocycles. The lowest BCUT2D eigenvalue weighted by molar-refractivity contribution is 0.122. The van der Waals surface area contributed by atoms with Crippen LogP contribution in [0.5, 0.6) is 0 Å². The van der Waals surface area contributed by atoms with E-state index in [4.69, 9.17) is 25.8 Å². The lowest BCUT2D eigenvalue weighted by atomic mass is 10.2. The number of nitrogens with one attached hydrogen (secondary N) is 2. The molecule has 1 saturated heterocycles. The van der Waals surface area contributed by atoms with Gasteiger partial charge in [0, 0.05) is 35.9 Å². The smallest absolute Gasteiger partial charge is 0.349 e. The maximum absolute atomic E-state index is 12.5. The van der Waals surface area contributed by atoms with Gasteiger partial charge in [-0.25, -0.2) is 4.79 Å². The molecule has 12 nitrogen and oxygen atoms in total. The van der Waals surface area contributed by atoms with Crippen LogP contribution in [-0.2, 0) is 4.74 Å². The van der Waals surface area contributed by atoms with E-state index in [1.54, 1.807) is 18.2 Å². The fourth-order valence-corrected chi connectivity index (χ4v) is 4.73. The van der Waals surface area contributed by atoms with E-state index in [1.807, 2.05) is 48.2 Å². The standard InChI is InChI=1S/C26H22N8O4S2/c1-15-6-8-17(9-7-15)27-24(39)29-22-28-23(34-10-12-36-13-11-34)31-25(30-22)40-26-33-32-20(38-26)18-14-16-4-2-3-5-19(16)37-21(18)35/h2-9,14H,10-13H2,1H3,(H2,27,28,29,30,31,39). The van der Waals surface area contributed by atoms with Crippen molar-refractivity contribution in [3.05, 3.63) is 70.6 Å². The van der Waals surface area contributed by atoms with Crippen LogP contribution in [0.4, 0.5) is 17.6 Å². The highest BCUT2D eigenvalue weighted by molar-refractivity contribution is 7.98. The summed E-state index contributed by atoms with van der Waals surface area (Å²) in [5.74, 6) is 0.737. The second kappa shape index (κ2) is 11.4. The Morgan fingerprint density at radius 3 is 2.60 bits per heavy atom. The van der Waals surface area contributed by atoms with Gasteiger partial charge in [-0.1, -0.05) is 35.9 Å². The average molecular weight is 575 g/mol. The molecule has 6 rings (SSSR count). The predicted octanol–water partition coefficient (Wildman–Crippen LogP) is 4.13.